The van der Waals surface area contributed by atoms with Gasteiger partial charge in [-0.05, 0) is 36.8 Å². The molecule has 3 rings (SSSR count). The lowest BCUT2D eigenvalue weighted by molar-refractivity contribution is 0.0692. The van der Waals surface area contributed by atoms with Crippen LogP contribution in [0, 0.1) is 6.92 Å². The number of aromatic nitrogens is 1. The van der Waals surface area contributed by atoms with Gasteiger partial charge in [0.25, 0.3) is 5.91 Å². The van der Waals surface area contributed by atoms with Crippen LogP contribution in [0.4, 0.5) is 0 Å². The van der Waals surface area contributed by atoms with Crippen molar-refractivity contribution in [2.75, 3.05) is 33.3 Å². The second kappa shape index (κ2) is 6.89. The van der Waals surface area contributed by atoms with E-state index in [9.17, 15) is 13.2 Å². The summed E-state index contributed by atoms with van der Waals surface area (Å²) in [6, 6.07) is 8.56. The van der Waals surface area contributed by atoms with Crippen LogP contribution in [0.15, 0.2) is 41.4 Å². The Morgan fingerprint density at radius 1 is 1.16 bits per heavy atom. The van der Waals surface area contributed by atoms with E-state index in [2.05, 4.69) is 4.98 Å². The molecule has 1 aliphatic rings. The maximum atomic E-state index is 13.0. The van der Waals surface area contributed by atoms with Gasteiger partial charge in [-0.15, -0.1) is 0 Å². The molecule has 7 nitrogen and oxygen atoms in total. The molecular weight excluding hydrogens is 342 g/mol. The van der Waals surface area contributed by atoms with Gasteiger partial charge in [0.1, 0.15) is 16.3 Å². The first kappa shape index (κ1) is 17.5. The third-order valence-corrected chi connectivity index (χ3v) is 6.21. The van der Waals surface area contributed by atoms with E-state index in [0.29, 0.717) is 24.5 Å². The van der Waals surface area contributed by atoms with Crippen molar-refractivity contribution < 1.29 is 17.9 Å². The van der Waals surface area contributed by atoms with Crippen LogP contribution in [0.2, 0.25) is 0 Å². The zero-order chi connectivity index (χ0) is 18.0. The number of aromatic amines is 1. The van der Waals surface area contributed by atoms with Gasteiger partial charge < -0.3 is 14.6 Å². The maximum absolute atomic E-state index is 13.0. The summed E-state index contributed by atoms with van der Waals surface area (Å²) in [7, 11) is -2.21. The predicted molar refractivity (Wildman–Crippen MR) is 93.2 cm³/mol. The number of hydrogen-bond acceptors (Lipinski definition) is 4. The number of rotatable bonds is 4. The van der Waals surface area contributed by atoms with E-state index in [4.69, 9.17) is 4.74 Å². The Bertz CT molecular complexity index is 854. The minimum absolute atomic E-state index is 0.116. The molecule has 8 heteroatoms. The van der Waals surface area contributed by atoms with Crippen LogP contribution in [-0.2, 0) is 10.0 Å². The molecule has 25 heavy (non-hydrogen) atoms. The molecule has 0 unspecified atom stereocenters. The summed E-state index contributed by atoms with van der Waals surface area (Å²) in [5.74, 6) is 0.214. The molecule has 0 radical (unpaired) electrons. The van der Waals surface area contributed by atoms with Crippen molar-refractivity contribution in [1.29, 1.82) is 0 Å². The number of benzene rings is 1. The van der Waals surface area contributed by atoms with Crippen molar-refractivity contribution in [1.82, 2.24) is 14.2 Å². The number of nitrogens with zero attached hydrogens (tertiary/aromatic N) is 2. The summed E-state index contributed by atoms with van der Waals surface area (Å²) in [6.07, 6.45) is 1.69. The largest absolute Gasteiger partial charge is 0.495 e. The van der Waals surface area contributed by atoms with Gasteiger partial charge in [-0.2, -0.15) is 4.31 Å². The first-order chi connectivity index (χ1) is 11.9. The third kappa shape index (κ3) is 3.40. The molecule has 1 aromatic heterocycles. The van der Waals surface area contributed by atoms with Crippen LogP contribution in [0.1, 0.15) is 16.1 Å². The third-order valence-electron chi connectivity index (χ3n) is 4.29. The second-order valence-electron chi connectivity index (χ2n) is 5.93. The zero-order valence-corrected chi connectivity index (χ0v) is 15.0. The number of methoxy groups -OCH3 is 1. The number of ether oxygens (including phenoxy) is 1. The van der Waals surface area contributed by atoms with E-state index in [1.807, 2.05) is 13.0 Å². The van der Waals surface area contributed by atoms with Crippen molar-refractivity contribution in [2.45, 2.75) is 11.8 Å². The van der Waals surface area contributed by atoms with E-state index in [1.165, 1.54) is 11.4 Å². The smallest absolute Gasteiger partial charge is 0.270 e. The highest BCUT2D eigenvalue weighted by molar-refractivity contribution is 7.89. The monoisotopic (exact) mass is 363 g/mol. The summed E-state index contributed by atoms with van der Waals surface area (Å²) in [4.78, 5) is 17.0. The van der Waals surface area contributed by atoms with Crippen molar-refractivity contribution in [3.63, 3.8) is 0 Å². The van der Waals surface area contributed by atoms with Gasteiger partial charge >= 0.3 is 0 Å². The van der Waals surface area contributed by atoms with E-state index < -0.39 is 10.0 Å². The average molecular weight is 363 g/mol. The number of carbonyl (C=O) groups excluding carboxylic acids is 1. The average Bonchev–Trinajstić information content (AvgIpc) is 3.16. The van der Waals surface area contributed by atoms with E-state index in [-0.39, 0.29) is 23.9 Å². The van der Waals surface area contributed by atoms with Crippen LogP contribution in [0.5, 0.6) is 5.75 Å². The summed E-state index contributed by atoms with van der Waals surface area (Å²) in [5.41, 5.74) is 1.36. The standard InChI is InChI=1S/C17H21N3O4S/c1-13-5-6-15(24-2)16(12-13)25(22,23)20-10-8-19(9-11-20)17(21)14-4-3-7-18-14/h3-7,12,18H,8-11H2,1-2H3. The van der Waals surface area contributed by atoms with Gasteiger partial charge in [0.2, 0.25) is 10.0 Å². The van der Waals surface area contributed by atoms with E-state index in [0.717, 1.165) is 5.56 Å². The molecule has 134 valence electrons. The Kier molecular flexibility index (Phi) is 4.82. The second-order valence-corrected chi connectivity index (χ2v) is 7.84. The Labute approximate surface area is 147 Å². The molecule has 0 atom stereocenters. The van der Waals surface area contributed by atoms with Gasteiger partial charge in [-0.1, -0.05) is 6.07 Å². The Morgan fingerprint density at radius 3 is 2.48 bits per heavy atom. The van der Waals surface area contributed by atoms with E-state index in [1.54, 1.807) is 35.4 Å². The predicted octanol–water partition coefficient (Wildman–Crippen LogP) is 1.48. The number of carbonyl (C=O) groups is 1. The lowest BCUT2D eigenvalue weighted by Gasteiger charge is -2.34. The topological polar surface area (TPSA) is 82.7 Å². The fourth-order valence-corrected chi connectivity index (χ4v) is 4.55. The van der Waals surface area contributed by atoms with Gasteiger partial charge in [0.15, 0.2) is 0 Å². The normalized spacial score (nSPS) is 16.0. The summed E-state index contributed by atoms with van der Waals surface area (Å²) < 4.78 is 32.5. The van der Waals surface area contributed by atoms with Crippen LogP contribution in [0.25, 0.3) is 0 Å². The van der Waals surface area contributed by atoms with Crippen LogP contribution < -0.4 is 4.74 Å². The summed E-state index contributed by atoms with van der Waals surface area (Å²) in [5, 5.41) is 0. The van der Waals surface area contributed by atoms with Gasteiger partial charge in [-0.3, -0.25) is 4.79 Å². The van der Waals surface area contributed by atoms with Crippen molar-refractivity contribution in [3.8, 4) is 5.75 Å². The minimum atomic E-state index is -3.67. The molecule has 1 N–H and O–H groups in total. The first-order valence-corrected chi connectivity index (χ1v) is 9.45. The molecule has 0 spiro atoms. The molecule has 2 heterocycles. The van der Waals surface area contributed by atoms with Gasteiger partial charge in [-0.25, -0.2) is 8.42 Å². The molecule has 1 aromatic carbocycles. The zero-order valence-electron chi connectivity index (χ0n) is 14.2. The highest BCUT2D eigenvalue weighted by Gasteiger charge is 2.32. The quantitative estimate of drug-likeness (QED) is 0.892. The molecule has 1 fully saturated rings. The Balaban J connectivity index is 1.76. The minimum Gasteiger partial charge on any atom is -0.495 e. The van der Waals surface area contributed by atoms with Crippen LogP contribution in [-0.4, -0.2) is 61.8 Å². The molecule has 1 amide bonds. The molecule has 0 aliphatic carbocycles. The van der Waals surface area contributed by atoms with Crippen molar-refractivity contribution in [2.24, 2.45) is 0 Å². The highest BCUT2D eigenvalue weighted by Crippen LogP contribution is 2.28. The number of hydrogen-bond donors (Lipinski definition) is 1. The lowest BCUT2D eigenvalue weighted by Crippen LogP contribution is -2.50. The maximum Gasteiger partial charge on any atom is 0.270 e. The lowest BCUT2D eigenvalue weighted by atomic mass is 10.2. The van der Waals surface area contributed by atoms with Gasteiger partial charge in [0, 0.05) is 32.4 Å². The van der Waals surface area contributed by atoms with E-state index >= 15 is 0 Å². The molecule has 0 saturated carbocycles. The number of aryl methyl sites for hydroxylation is 1. The molecule has 0 bridgehead atoms. The SMILES string of the molecule is COc1ccc(C)cc1S(=O)(=O)N1CCN(C(=O)c2ccc[nH]2)CC1. The van der Waals surface area contributed by atoms with Crippen molar-refractivity contribution >= 4 is 15.9 Å². The van der Waals surface area contributed by atoms with Crippen molar-refractivity contribution in [3.05, 3.63) is 47.8 Å². The molecular formula is C17H21N3O4S. The fraction of sp³-hybridized carbons (Fsp3) is 0.353. The number of piperazine rings is 1. The Hall–Kier alpha value is -2.32. The number of sulfonamides is 1. The molecule has 2 aromatic rings. The van der Waals surface area contributed by atoms with Crippen LogP contribution in [0.3, 0.4) is 0 Å². The van der Waals surface area contributed by atoms with Gasteiger partial charge in [0.05, 0.1) is 7.11 Å². The molecule has 1 aliphatic heterocycles. The Morgan fingerprint density at radius 2 is 1.88 bits per heavy atom. The summed E-state index contributed by atoms with van der Waals surface area (Å²) >= 11 is 0. The first-order valence-electron chi connectivity index (χ1n) is 8.01. The summed E-state index contributed by atoms with van der Waals surface area (Å²) in [6.45, 7) is 3.06. The molecule has 1 saturated heterocycles. The number of H-pyrrole nitrogens is 1. The highest BCUT2D eigenvalue weighted by atomic mass is 32.2. The number of nitrogens with one attached hydrogen (secondary N) is 1. The van der Waals surface area contributed by atoms with Crippen LogP contribution >= 0.6 is 0 Å². The number of amides is 1. The fourth-order valence-electron chi connectivity index (χ4n) is 2.89.